The SMILES string of the molecule is CCc1cc(-c2ccc(N)nc2)ccc1N. The van der Waals surface area contributed by atoms with E-state index in [0.29, 0.717) is 5.82 Å². The normalized spacial score (nSPS) is 10.3. The molecule has 2 aromatic rings. The Morgan fingerprint density at radius 3 is 2.44 bits per heavy atom. The van der Waals surface area contributed by atoms with E-state index in [-0.39, 0.29) is 0 Å². The number of nitrogens with two attached hydrogens (primary N) is 2. The monoisotopic (exact) mass is 213 g/mol. The van der Waals surface area contributed by atoms with Crippen LogP contribution in [0, 0.1) is 0 Å². The van der Waals surface area contributed by atoms with Crippen molar-refractivity contribution in [2.75, 3.05) is 11.5 Å². The molecular formula is C13H15N3. The van der Waals surface area contributed by atoms with Crippen LogP contribution in [0.4, 0.5) is 11.5 Å². The van der Waals surface area contributed by atoms with Crippen molar-refractivity contribution in [3.8, 4) is 11.1 Å². The fourth-order valence-corrected chi connectivity index (χ4v) is 1.67. The van der Waals surface area contributed by atoms with E-state index >= 15 is 0 Å². The summed E-state index contributed by atoms with van der Waals surface area (Å²) >= 11 is 0. The third kappa shape index (κ3) is 1.98. The van der Waals surface area contributed by atoms with Gasteiger partial charge in [-0.1, -0.05) is 13.0 Å². The fourth-order valence-electron chi connectivity index (χ4n) is 1.67. The number of hydrogen-bond donors (Lipinski definition) is 2. The Balaban J connectivity index is 2.44. The van der Waals surface area contributed by atoms with Gasteiger partial charge in [-0.25, -0.2) is 4.98 Å². The second-order valence-electron chi connectivity index (χ2n) is 3.74. The highest BCUT2D eigenvalue weighted by atomic mass is 14.8. The van der Waals surface area contributed by atoms with Crippen molar-refractivity contribution in [2.24, 2.45) is 0 Å². The molecule has 2 rings (SSSR count). The zero-order chi connectivity index (χ0) is 11.5. The highest BCUT2D eigenvalue weighted by molar-refractivity contribution is 5.67. The molecule has 0 radical (unpaired) electrons. The molecule has 1 aromatic carbocycles. The van der Waals surface area contributed by atoms with Crippen LogP contribution in [0.1, 0.15) is 12.5 Å². The second kappa shape index (κ2) is 4.23. The largest absolute Gasteiger partial charge is 0.399 e. The lowest BCUT2D eigenvalue weighted by Gasteiger charge is -2.07. The molecule has 0 spiro atoms. The number of pyridine rings is 1. The first-order chi connectivity index (χ1) is 7.70. The van der Waals surface area contributed by atoms with Gasteiger partial charge < -0.3 is 11.5 Å². The zero-order valence-electron chi connectivity index (χ0n) is 9.27. The minimum absolute atomic E-state index is 0.537. The molecule has 1 aromatic heterocycles. The summed E-state index contributed by atoms with van der Waals surface area (Å²) in [7, 11) is 0. The summed E-state index contributed by atoms with van der Waals surface area (Å²) in [4.78, 5) is 4.08. The van der Waals surface area contributed by atoms with E-state index in [1.165, 1.54) is 0 Å². The van der Waals surface area contributed by atoms with E-state index in [4.69, 9.17) is 11.5 Å². The Morgan fingerprint density at radius 1 is 1.06 bits per heavy atom. The van der Waals surface area contributed by atoms with Gasteiger partial charge in [0.2, 0.25) is 0 Å². The third-order valence-corrected chi connectivity index (χ3v) is 2.64. The first-order valence-electron chi connectivity index (χ1n) is 5.31. The van der Waals surface area contributed by atoms with Crippen LogP contribution in [0.3, 0.4) is 0 Å². The van der Waals surface area contributed by atoms with Gasteiger partial charge in [0.1, 0.15) is 5.82 Å². The number of aryl methyl sites for hydroxylation is 1. The van der Waals surface area contributed by atoms with Crippen LogP contribution in [0.5, 0.6) is 0 Å². The maximum atomic E-state index is 5.87. The highest BCUT2D eigenvalue weighted by Crippen LogP contribution is 2.23. The van der Waals surface area contributed by atoms with E-state index in [1.807, 2.05) is 18.2 Å². The van der Waals surface area contributed by atoms with Crippen LogP contribution in [-0.4, -0.2) is 4.98 Å². The average molecular weight is 213 g/mol. The zero-order valence-corrected chi connectivity index (χ0v) is 9.27. The first kappa shape index (κ1) is 10.5. The summed E-state index contributed by atoms with van der Waals surface area (Å²) in [6, 6.07) is 9.80. The molecule has 0 unspecified atom stereocenters. The Morgan fingerprint density at radius 2 is 1.81 bits per heavy atom. The molecule has 0 aliphatic heterocycles. The van der Waals surface area contributed by atoms with Crippen LogP contribution >= 0.6 is 0 Å². The quantitative estimate of drug-likeness (QED) is 0.753. The van der Waals surface area contributed by atoms with Crippen molar-refractivity contribution < 1.29 is 0 Å². The Kier molecular flexibility index (Phi) is 2.77. The van der Waals surface area contributed by atoms with Crippen molar-refractivity contribution >= 4 is 11.5 Å². The topological polar surface area (TPSA) is 64.9 Å². The predicted octanol–water partition coefficient (Wildman–Crippen LogP) is 2.48. The number of hydrogen-bond acceptors (Lipinski definition) is 3. The number of aromatic nitrogens is 1. The molecule has 3 nitrogen and oxygen atoms in total. The van der Waals surface area contributed by atoms with E-state index in [2.05, 4.69) is 18.0 Å². The number of nitrogen functional groups attached to an aromatic ring is 2. The molecule has 0 aliphatic rings. The minimum atomic E-state index is 0.537. The molecule has 4 N–H and O–H groups in total. The molecule has 0 atom stereocenters. The number of nitrogens with zero attached hydrogens (tertiary/aromatic N) is 1. The molecule has 0 aliphatic carbocycles. The smallest absolute Gasteiger partial charge is 0.123 e. The van der Waals surface area contributed by atoms with Crippen molar-refractivity contribution in [2.45, 2.75) is 13.3 Å². The van der Waals surface area contributed by atoms with Crippen LogP contribution in [0.2, 0.25) is 0 Å². The maximum absolute atomic E-state index is 5.87. The summed E-state index contributed by atoms with van der Waals surface area (Å²) in [6.45, 7) is 2.09. The highest BCUT2D eigenvalue weighted by Gasteiger charge is 2.02. The molecule has 3 heteroatoms. The van der Waals surface area contributed by atoms with E-state index in [9.17, 15) is 0 Å². The lowest BCUT2D eigenvalue weighted by Crippen LogP contribution is -1.94. The first-order valence-corrected chi connectivity index (χ1v) is 5.31. The van der Waals surface area contributed by atoms with Gasteiger partial charge in [0, 0.05) is 17.4 Å². The van der Waals surface area contributed by atoms with Gasteiger partial charge in [0.25, 0.3) is 0 Å². The van der Waals surface area contributed by atoms with Crippen LogP contribution in [0.25, 0.3) is 11.1 Å². The third-order valence-electron chi connectivity index (χ3n) is 2.64. The fraction of sp³-hybridized carbons (Fsp3) is 0.154. The Bertz CT molecular complexity index is 489. The molecule has 0 fully saturated rings. The van der Waals surface area contributed by atoms with Crippen LogP contribution in [0.15, 0.2) is 36.5 Å². The Labute approximate surface area is 95.1 Å². The van der Waals surface area contributed by atoms with Crippen molar-refractivity contribution in [1.29, 1.82) is 0 Å². The maximum Gasteiger partial charge on any atom is 0.123 e. The standard InChI is InChI=1S/C13H15N3/c1-2-9-7-10(3-5-12(9)14)11-4-6-13(15)16-8-11/h3-8H,2,14H2,1H3,(H2,15,16). The summed E-state index contributed by atoms with van der Waals surface area (Å²) in [5, 5.41) is 0. The van der Waals surface area contributed by atoms with Gasteiger partial charge in [-0.05, 0) is 41.8 Å². The molecule has 0 saturated heterocycles. The van der Waals surface area contributed by atoms with Gasteiger partial charge in [0.05, 0.1) is 0 Å². The van der Waals surface area contributed by atoms with Crippen LogP contribution < -0.4 is 11.5 Å². The average Bonchev–Trinajstić information content (AvgIpc) is 2.31. The number of rotatable bonds is 2. The molecule has 0 saturated carbocycles. The van der Waals surface area contributed by atoms with Gasteiger partial charge in [-0.3, -0.25) is 0 Å². The van der Waals surface area contributed by atoms with Gasteiger partial charge in [0.15, 0.2) is 0 Å². The van der Waals surface area contributed by atoms with Crippen molar-refractivity contribution in [3.05, 3.63) is 42.1 Å². The lowest BCUT2D eigenvalue weighted by atomic mass is 10.0. The summed E-state index contributed by atoms with van der Waals surface area (Å²) in [6.07, 6.45) is 2.71. The summed E-state index contributed by atoms with van der Waals surface area (Å²) < 4.78 is 0. The lowest BCUT2D eigenvalue weighted by molar-refractivity contribution is 1.14. The Hall–Kier alpha value is -2.03. The van der Waals surface area contributed by atoms with Gasteiger partial charge in [-0.2, -0.15) is 0 Å². The van der Waals surface area contributed by atoms with Crippen LogP contribution in [-0.2, 0) is 6.42 Å². The van der Waals surface area contributed by atoms with E-state index < -0.39 is 0 Å². The number of benzene rings is 1. The molecular weight excluding hydrogens is 198 g/mol. The minimum Gasteiger partial charge on any atom is -0.399 e. The van der Waals surface area contributed by atoms with E-state index in [0.717, 1.165) is 28.8 Å². The molecule has 1 heterocycles. The summed E-state index contributed by atoms with van der Waals surface area (Å²) in [5.74, 6) is 0.537. The van der Waals surface area contributed by atoms with Crippen molar-refractivity contribution in [3.63, 3.8) is 0 Å². The van der Waals surface area contributed by atoms with Crippen molar-refractivity contribution in [1.82, 2.24) is 4.98 Å². The molecule has 82 valence electrons. The van der Waals surface area contributed by atoms with Gasteiger partial charge in [-0.15, -0.1) is 0 Å². The van der Waals surface area contributed by atoms with E-state index in [1.54, 1.807) is 12.3 Å². The molecule has 16 heavy (non-hydrogen) atoms. The van der Waals surface area contributed by atoms with Gasteiger partial charge >= 0.3 is 0 Å². The summed E-state index contributed by atoms with van der Waals surface area (Å²) in [5.41, 5.74) is 15.6. The molecule has 0 bridgehead atoms. The predicted molar refractivity (Wildman–Crippen MR) is 67.9 cm³/mol. The second-order valence-corrected chi connectivity index (χ2v) is 3.74. The molecule has 0 amide bonds. The number of anilines is 2.